The summed E-state index contributed by atoms with van der Waals surface area (Å²) < 4.78 is 29.1. The van der Waals surface area contributed by atoms with Gasteiger partial charge in [0.2, 0.25) is 0 Å². The fourth-order valence-corrected chi connectivity index (χ4v) is 5.54. The molecule has 0 atom stereocenters. The molecule has 4 aromatic carbocycles. The lowest BCUT2D eigenvalue weighted by Gasteiger charge is -2.18. The summed E-state index contributed by atoms with van der Waals surface area (Å²) in [5.41, 5.74) is 2.73. The largest absolute Gasteiger partial charge is 0.308 e. The van der Waals surface area contributed by atoms with Crippen molar-refractivity contribution in [3.63, 3.8) is 0 Å². The number of nitrogens with one attached hydrogen (secondary N) is 1. The van der Waals surface area contributed by atoms with Gasteiger partial charge in [-0.25, -0.2) is 8.42 Å². The summed E-state index contributed by atoms with van der Waals surface area (Å²) in [7, 11) is -4.02. The number of halogens is 1. The smallest absolute Gasteiger partial charge is 0.261 e. The lowest BCUT2D eigenvalue weighted by atomic mass is 10.0. The van der Waals surface area contributed by atoms with E-state index < -0.39 is 10.0 Å². The molecule has 1 heterocycles. The number of rotatable bonds is 6. The molecule has 4 aromatic rings. The molecule has 0 unspecified atom stereocenters. The van der Waals surface area contributed by atoms with Crippen molar-refractivity contribution in [2.24, 2.45) is 0 Å². The Balaban J connectivity index is 1.43. The zero-order valence-electron chi connectivity index (χ0n) is 19.0. The van der Waals surface area contributed by atoms with Gasteiger partial charge in [-0.05, 0) is 60.5 Å². The number of hydrogen-bond donors (Lipinski definition) is 1. The van der Waals surface area contributed by atoms with Gasteiger partial charge >= 0.3 is 0 Å². The zero-order chi connectivity index (χ0) is 25.3. The molecule has 0 bridgehead atoms. The highest BCUT2D eigenvalue weighted by Gasteiger charge is 2.28. The summed E-state index contributed by atoms with van der Waals surface area (Å²) in [6, 6.07) is 26.7. The van der Waals surface area contributed by atoms with Crippen molar-refractivity contribution in [1.29, 1.82) is 0 Å². The van der Waals surface area contributed by atoms with E-state index in [1.54, 1.807) is 71.6 Å². The number of carbonyl (C=O) groups is 2. The van der Waals surface area contributed by atoms with Crippen molar-refractivity contribution in [3.05, 3.63) is 124 Å². The molecule has 1 aliphatic rings. The number of ketones is 1. The molecule has 1 aliphatic heterocycles. The molecule has 6 nitrogen and oxygen atoms in total. The number of hydrogen-bond acceptors (Lipinski definition) is 4. The fourth-order valence-electron chi connectivity index (χ4n) is 4.23. The van der Waals surface area contributed by atoms with Crippen LogP contribution in [0.15, 0.2) is 102 Å². The summed E-state index contributed by atoms with van der Waals surface area (Å²) in [6.07, 6.45) is 0.538. The monoisotopic (exact) mass is 516 g/mol. The lowest BCUT2D eigenvalue weighted by molar-refractivity contribution is 0.0988. The van der Waals surface area contributed by atoms with Crippen LogP contribution in [-0.2, 0) is 16.4 Å². The molecule has 0 radical (unpaired) electrons. The van der Waals surface area contributed by atoms with Gasteiger partial charge in [-0.3, -0.25) is 14.3 Å². The number of nitrogens with zero attached hydrogens (tertiary/aromatic N) is 1. The standard InChI is InChI=1S/C28H21ClN2O4S/c29-22-11-13-25(24(18-22)27(32)19-7-3-1-4-8-19)30-36(34,35)23-12-14-26-21(17-23)15-16-31(26)28(33)20-9-5-2-6-10-20/h1-14,17-18,30H,15-16H2. The van der Waals surface area contributed by atoms with Crippen LogP contribution in [0.4, 0.5) is 11.4 Å². The average Bonchev–Trinajstić information content (AvgIpc) is 3.33. The van der Waals surface area contributed by atoms with Gasteiger partial charge in [-0.15, -0.1) is 0 Å². The summed E-state index contributed by atoms with van der Waals surface area (Å²) in [4.78, 5) is 27.7. The van der Waals surface area contributed by atoms with Crippen LogP contribution in [0.1, 0.15) is 31.8 Å². The fraction of sp³-hybridized carbons (Fsp3) is 0.0714. The maximum Gasteiger partial charge on any atom is 0.261 e. The van der Waals surface area contributed by atoms with Crippen molar-refractivity contribution < 1.29 is 18.0 Å². The second-order valence-electron chi connectivity index (χ2n) is 8.35. The van der Waals surface area contributed by atoms with E-state index in [1.807, 2.05) is 6.07 Å². The minimum atomic E-state index is -4.02. The summed E-state index contributed by atoms with van der Waals surface area (Å²) >= 11 is 6.12. The number of fused-ring (bicyclic) bond motifs is 1. The molecule has 180 valence electrons. The Labute approximate surface area is 214 Å². The van der Waals surface area contributed by atoms with E-state index in [9.17, 15) is 18.0 Å². The highest BCUT2D eigenvalue weighted by Crippen LogP contribution is 2.33. The van der Waals surface area contributed by atoms with E-state index in [2.05, 4.69) is 4.72 Å². The van der Waals surface area contributed by atoms with Crippen LogP contribution in [0.25, 0.3) is 0 Å². The molecule has 0 saturated carbocycles. The Morgan fingerprint density at radius 1 is 0.806 bits per heavy atom. The van der Waals surface area contributed by atoms with Gasteiger partial charge in [0.1, 0.15) is 0 Å². The van der Waals surface area contributed by atoms with Crippen molar-refractivity contribution in [3.8, 4) is 0 Å². The normalized spacial score (nSPS) is 12.8. The van der Waals surface area contributed by atoms with Crippen LogP contribution in [0.2, 0.25) is 5.02 Å². The molecular formula is C28H21ClN2O4S. The second-order valence-corrected chi connectivity index (χ2v) is 10.5. The van der Waals surface area contributed by atoms with Crippen molar-refractivity contribution in [2.45, 2.75) is 11.3 Å². The summed E-state index contributed by atoms with van der Waals surface area (Å²) in [6.45, 7) is 0.465. The lowest BCUT2D eigenvalue weighted by Crippen LogP contribution is -2.28. The van der Waals surface area contributed by atoms with Gasteiger partial charge in [-0.1, -0.05) is 60.1 Å². The van der Waals surface area contributed by atoms with Crippen LogP contribution in [0.3, 0.4) is 0 Å². The maximum absolute atomic E-state index is 13.3. The highest BCUT2D eigenvalue weighted by molar-refractivity contribution is 7.92. The third-order valence-electron chi connectivity index (χ3n) is 6.03. The van der Waals surface area contributed by atoms with E-state index in [1.165, 1.54) is 24.3 Å². The van der Waals surface area contributed by atoms with Gasteiger partial charge in [0, 0.05) is 33.9 Å². The summed E-state index contributed by atoms with van der Waals surface area (Å²) in [5, 5.41) is 0.318. The Morgan fingerprint density at radius 2 is 1.47 bits per heavy atom. The molecule has 0 fully saturated rings. The van der Waals surface area contributed by atoms with Crippen LogP contribution in [0, 0.1) is 0 Å². The first-order valence-corrected chi connectivity index (χ1v) is 13.1. The van der Waals surface area contributed by atoms with Gasteiger partial charge in [-0.2, -0.15) is 0 Å². The predicted molar refractivity (Wildman–Crippen MR) is 140 cm³/mol. The highest BCUT2D eigenvalue weighted by atomic mass is 35.5. The first kappa shape index (κ1) is 23.8. The second kappa shape index (κ2) is 9.60. The maximum atomic E-state index is 13.3. The van der Waals surface area contributed by atoms with Crippen molar-refractivity contribution in [2.75, 3.05) is 16.2 Å². The molecule has 8 heteroatoms. The molecule has 1 amide bonds. The van der Waals surface area contributed by atoms with Gasteiger partial charge < -0.3 is 4.90 Å². The zero-order valence-corrected chi connectivity index (χ0v) is 20.6. The van der Waals surface area contributed by atoms with E-state index >= 15 is 0 Å². The Hall–Kier alpha value is -3.94. The predicted octanol–water partition coefficient (Wildman–Crippen LogP) is 5.57. The summed E-state index contributed by atoms with van der Waals surface area (Å²) in [5.74, 6) is -0.479. The van der Waals surface area contributed by atoms with Gasteiger partial charge in [0.25, 0.3) is 15.9 Å². The molecule has 0 aromatic heterocycles. The van der Waals surface area contributed by atoms with Gasteiger partial charge in [0.15, 0.2) is 5.78 Å². The van der Waals surface area contributed by atoms with E-state index in [0.717, 1.165) is 5.56 Å². The quantitative estimate of drug-likeness (QED) is 0.339. The molecular weight excluding hydrogens is 496 g/mol. The SMILES string of the molecule is O=C(c1ccccc1)c1cc(Cl)ccc1NS(=O)(=O)c1ccc2c(c1)CCN2C(=O)c1ccccc1. The Bertz CT molecular complexity index is 1570. The average molecular weight is 517 g/mol. The number of amides is 1. The van der Waals surface area contributed by atoms with Gasteiger partial charge in [0.05, 0.1) is 10.6 Å². The Kier molecular flexibility index (Phi) is 6.35. The third-order valence-corrected chi connectivity index (χ3v) is 7.63. The minimum absolute atomic E-state index is 0.0447. The van der Waals surface area contributed by atoms with E-state index in [-0.39, 0.29) is 27.8 Å². The van der Waals surface area contributed by atoms with Crippen molar-refractivity contribution in [1.82, 2.24) is 0 Å². The molecule has 36 heavy (non-hydrogen) atoms. The van der Waals surface area contributed by atoms with E-state index in [4.69, 9.17) is 11.6 Å². The van der Waals surface area contributed by atoms with E-state index in [0.29, 0.717) is 34.8 Å². The van der Waals surface area contributed by atoms with Crippen LogP contribution in [0.5, 0.6) is 0 Å². The molecule has 0 aliphatic carbocycles. The third kappa shape index (κ3) is 4.63. The van der Waals surface area contributed by atoms with Crippen LogP contribution >= 0.6 is 11.6 Å². The molecule has 1 N–H and O–H groups in total. The van der Waals surface area contributed by atoms with Crippen molar-refractivity contribution >= 4 is 44.7 Å². The molecule has 0 spiro atoms. The first-order chi connectivity index (χ1) is 17.3. The number of carbonyl (C=O) groups excluding carboxylic acids is 2. The first-order valence-electron chi connectivity index (χ1n) is 11.3. The number of anilines is 2. The molecule has 5 rings (SSSR count). The van der Waals surface area contributed by atoms with Crippen LogP contribution in [-0.4, -0.2) is 26.7 Å². The topological polar surface area (TPSA) is 83.6 Å². The minimum Gasteiger partial charge on any atom is -0.308 e. The Morgan fingerprint density at radius 3 is 2.17 bits per heavy atom. The number of benzene rings is 4. The molecule has 0 saturated heterocycles. The van der Waals surface area contributed by atoms with Crippen LogP contribution < -0.4 is 9.62 Å². The number of sulfonamides is 1.